The molecule has 56 valence electrons. The molecule has 0 saturated heterocycles. The molecule has 0 bridgehead atoms. The maximum atomic E-state index is 5.89. The summed E-state index contributed by atoms with van der Waals surface area (Å²) in [7, 11) is 0. The van der Waals surface area contributed by atoms with E-state index in [1.165, 1.54) is 0 Å². The first kappa shape index (κ1) is 7.36. The summed E-state index contributed by atoms with van der Waals surface area (Å²) in [6.45, 7) is 0. The maximum Gasteiger partial charge on any atom is 0.139 e. The molecule has 0 aliphatic heterocycles. The summed E-state index contributed by atoms with van der Waals surface area (Å²) in [5, 5.41) is 0.693. The predicted octanol–water partition coefficient (Wildman–Crippen LogP) is 2.59. The van der Waals surface area contributed by atoms with Crippen molar-refractivity contribution in [1.29, 1.82) is 0 Å². The molecule has 4 heteroatoms. The van der Waals surface area contributed by atoms with Crippen LogP contribution in [-0.4, -0.2) is 9.38 Å². The molecular formula is C7H4ClIN2. The Hall–Kier alpha value is -0.290. The molecule has 0 saturated carbocycles. The standard InChI is InChI=1S/C7H4ClIN2/c8-5-2-1-3-7-10-6(9)4-11(5)7/h1-4H. The second-order valence-corrected chi connectivity index (χ2v) is 3.63. The summed E-state index contributed by atoms with van der Waals surface area (Å²) < 4.78 is 2.80. The Morgan fingerprint density at radius 2 is 2.27 bits per heavy atom. The van der Waals surface area contributed by atoms with Gasteiger partial charge in [0.1, 0.15) is 14.5 Å². The third-order valence-corrected chi connectivity index (χ3v) is 2.24. The first-order valence-electron chi connectivity index (χ1n) is 3.06. The lowest BCUT2D eigenvalue weighted by Crippen LogP contribution is -1.82. The molecule has 2 heterocycles. The van der Waals surface area contributed by atoms with Crippen molar-refractivity contribution in [1.82, 2.24) is 9.38 Å². The first-order chi connectivity index (χ1) is 5.27. The largest absolute Gasteiger partial charge is 0.289 e. The van der Waals surface area contributed by atoms with Crippen LogP contribution in [0.5, 0.6) is 0 Å². The quantitative estimate of drug-likeness (QED) is 0.535. The first-order valence-corrected chi connectivity index (χ1v) is 4.52. The van der Waals surface area contributed by atoms with E-state index in [1.807, 2.05) is 28.8 Å². The summed E-state index contributed by atoms with van der Waals surface area (Å²) in [5.74, 6) is 0. The highest BCUT2D eigenvalue weighted by atomic mass is 127. The van der Waals surface area contributed by atoms with Gasteiger partial charge in [0, 0.05) is 6.20 Å². The summed E-state index contributed by atoms with van der Waals surface area (Å²) >= 11 is 8.05. The van der Waals surface area contributed by atoms with Crippen LogP contribution in [0.15, 0.2) is 24.4 Å². The van der Waals surface area contributed by atoms with Crippen LogP contribution in [-0.2, 0) is 0 Å². The number of rotatable bonds is 0. The molecule has 0 aliphatic carbocycles. The van der Waals surface area contributed by atoms with Gasteiger partial charge in [-0.3, -0.25) is 4.40 Å². The zero-order valence-corrected chi connectivity index (χ0v) is 8.37. The number of hydrogen-bond donors (Lipinski definition) is 0. The minimum absolute atomic E-state index is 0.693. The monoisotopic (exact) mass is 278 g/mol. The minimum Gasteiger partial charge on any atom is -0.289 e. The zero-order valence-electron chi connectivity index (χ0n) is 5.46. The molecule has 11 heavy (non-hydrogen) atoms. The van der Waals surface area contributed by atoms with Crippen molar-refractivity contribution in [2.24, 2.45) is 0 Å². The van der Waals surface area contributed by atoms with Gasteiger partial charge < -0.3 is 0 Å². The van der Waals surface area contributed by atoms with Crippen LogP contribution in [0.1, 0.15) is 0 Å². The molecule has 2 nitrogen and oxygen atoms in total. The lowest BCUT2D eigenvalue weighted by atomic mass is 10.5. The Kier molecular flexibility index (Phi) is 1.77. The summed E-state index contributed by atoms with van der Waals surface area (Å²) in [6, 6.07) is 5.65. The van der Waals surface area contributed by atoms with Crippen LogP contribution in [0, 0.1) is 3.70 Å². The van der Waals surface area contributed by atoms with E-state index in [9.17, 15) is 0 Å². The van der Waals surface area contributed by atoms with Gasteiger partial charge in [-0.25, -0.2) is 4.98 Å². The second-order valence-electron chi connectivity index (χ2n) is 2.14. The van der Waals surface area contributed by atoms with Gasteiger partial charge >= 0.3 is 0 Å². The molecule has 2 aromatic heterocycles. The van der Waals surface area contributed by atoms with E-state index in [1.54, 1.807) is 0 Å². The molecule has 0 radical (unpaired) electrons. The van der Waals surface area contributed by atoms with Gasteiger partial charge in [-0.15, -0.1) is 0 Å². The fourth-order valence-corrected chi connectivity index (χ4v) is 1.68. The average Bonchev–Trinajstić information content (AvgIpc) is 2.31. The third kappa shape index (κ3) is 1.22. The molecule has 0 unspecified atom stereocenters. The van der Waals surface area contributed by atoms with E-state index in [0.29, 0.717) is 5.15 Å². The van der Waals surface area contributed by atoms with Crippen LogP contribution in [0.25, 0.3) is 5.65 Å². The highest BCUT2D eigenvalue weighted by Crippen LogP contribution is 2.13. The van der Waals surface area contributed by atoms with Crippen molar-refractivity contribution >= 4 is 39.8 Å². The Labute approximate surface area is 82.3 Å². The molecule has 0 atom stereocenters. The van der Waals surface area contributed by atoms with Crippen LogP contribution >= 0.6 is 34.2 Å². The third-order valence-electron chi connectivity index (χ3n) is 1.41. The molecule has 0 aromatic carbocycles. The van der Waals surface area contributed by atoms with Crippen LogP contribution in [0.4, 0.5) is 0 Å². The number of halogens is 2. The number of pyridine rings is 1. The van der Waals surface area contributed by atoms with Crippen molar-refractivity contribution < 1.29 is 0 Å². The highest BCUT2D eigenvalue weighted by molar-refractivity contribution is 14.1. The second kappa shape index (κ2) is 2.64. The Morgan fingerprint density at radius 3 is 3.00 bits per heavy atom. The normalized spacial score (nSPS) is 10.7. The molecule has 0 amide bonds. The number of hydrogen-bond acceptors (Lipinski definition) is 1. The van der Waals surface area contributed by atoms with E-state index < -0.39 is 0 Å². The topological polar surface area (TPSA) is 17.3 Å². The van der Waals surface area contributed by atoms with E-state index in [4.69, 9.17) is 11.6 Å². The predicted molar refractivity (Wildman–Crippen MR) is 52.9 cm³/mol. The van der Waals surface area contributed by atoms with Gasteiger partial charge in [-0.05, 0) is 34.7 Å². The van der Waals surface area contributed by atoms with Crippen molar-refractivity contribution in [2.45, 2.75) is 0 Å². The van der Waals surface area contributed by atoms with Gasteiger partial charge in [-0.2, -0.15) is 0 Å². The maximum absolute atomic E-state index is 5.89. The van der Waals surface area contributed by atoms with Crippen LogP contribution in [0.3, 0.4) is 0 Å². The Bertz CT molecular complexity index is 396. The van der Waals surface area contributed by atoms with Crippen molar-refractivity contribution in [3.8, 4) is 0 Å². The fourth-order valence-electron chi connectivity index (χ4n) is 0.947. The lowest BCUT2D eigenvalue weighted by Gasteiger charge is -1.93. The number of nitrogens with zero attached hydrogens (tertiary/aromatic N) is 2. The highest BCUT2D eigenvalue weighted by Gasteiger charge is 1.99. The fraction of sp³-hybridized carbons (Fsp3) is 0. The molecule has 0 N–H and O–H groups in total. The van der Waals surface area contributed by atoms with Crippen LogP contribution in [0.2, 0.25) is 5.15 Å². The molecule has 0 fully saturated rings. The Morgan fingerprint density at radius 1 is 1.45 bits per heavy atom. The van der Waals surface area contributed by atoms with Crippen molar-refractivity contribution in [3.05, 3.63) is 33.2 Å². The van der Waals surface area contributed by atoms with Crippen LogP contribution < -0.4 is 0 Å². The lowest BCUT2D eigenvalue weighted by molar-refractivity contribution is 1.19. The van der Waals surface area contributed by atoms with Gasteiger partial charge in [0.2, 0.25) is 0 Å². The van der Waals surface area contributed by atoms with E-state index in [-0.39, 0.29) is 0 Å². The van der Waals surface area contributed by atoms with E-state index >= 15 is 0 Å². The Balaban J connectivity index is 2.90. The van der Waals surface area contributed by atoms with E-state index in [0.717, 1.165) is 9.35 Å². The molecular weight excluding hydrogens is 274 g/mol. The summed E-state index contributed by atoms with van der Waals surface area (Å²) in [5.41, 5.74) is 0.891. The molecule has 0 aliphatic rings. The number of imidazole rings is 1. The van der Waals surface area contributed by atoms with Crippen molar-refractivity contribution in [3.63, 3.8) is 0 Å². The van der Waals surface area contributed by atoms with E-state index in [2.05, 4.69) is 27.6 Å². The van der Waals surface area contributed by atoms with Gasteiger partial charge in [-0.1, -0.05) is 17.7 Å². The summed E-state index contributed by atoms with van der Waals surface area (Å²) in [4.78, 5) is 4.24. The number of fused-ring (bicyclic) bond motifs is 1. The molecule has 2 aromatic rings. The summed E-state index contributed by atoms with van der Waals surface area (Å²) in [6.07, 6.45) is 1.90. The van der Waals surface area contributed by atoms with Crippen molar-refractivity contribution in [2.75, 3.05) is 0 Å². The van der Waals surface area contributed by atoms with Gasteiger partial charge in [0.05, 0.1) is 0 Å². The zero-order chi connectivity index (χ0) is 7.84. The van der Waals surface area contributed by atoms with Gasteiger partial charge in [0.25, 0.3) is 0 Å². The SMILES string of the molecule is Clc1cccc2nc(I)cn12. The minimum atomic E-state index is 0.693. The average molecular weight is 278 g/mol. The van der Waals surface area contributed by atoms with Gasteiger partial charge in [0.15, 0.2) is 0 Å². The smallest absolute Gasteiger partial charge is 0.139 e. The number of aromatic nitrogens is 2. The molecule has 2 rings (SSSR count). The molecule has 0 spiro atoms.